The zero-order valence-corrected chi connectivity index (χ0v) is 14.8. The highest BCUT2D eigenvalue weighted by atomic mass is 16.7. The lowest BCUT2D eigenvalue weighted by atomic mass is 9.60. The standard InChI is InChI=1S/C20H30O3/c1-13(2)6-5-7-14(3)15-8-9-16-17-12-18(21)23-20(17,22)11-10-19(15,16)4/h5,7,12-16,22H,6,8-11H2,1-4H3/b7-5+/t14-,15+,16-,19+,20-/m0/s1. The number of rotatable bonds is 4. The molecule has 1 aliphatic heterocycles. The van der Waals surface area contributed by atoms with Crippen LogP contribution in [-0.4, -0.2) is 16.9 Å². The van der Waals surface area contributed by atoms with E-state index in [1.54, 1.807) is 6.08 Å². The lowest BCUT2D eigenvalue weighted by Crippen LogP contribution is -2.46. The molecule has 2 fully saturated rings. The van der Waals surface area contributed by atoms with Gasteiger partial charge in [-0.1, -0.05) is 39.8 Å². The Labute approximate surface area is 139 Å². The molecule has 1 N–H and O–H groups in total. The van der Waals surface area contributed by atoms with E-state index in [1.807, 2.05) is 0 Å². The average Bonchev–Trinajstić information content (AvgIpc) is 2.94. The van der Waals surface area contributed by atoms with Gasteiger partial charge in [-0.05, 0) is 54.8 Å². The second-order valence-corrected chi connectivity index (χ2v) is 8.46. The molecule has 0 aromatic carbocycles. The van der Waals surface area contributed by atoms with Gasteiger partial charge in [-0.25, -0.2) is 4.79 Å². The van der Waals surface area contributed by atoms with E-state index in [-0.39, 0.29) is 17.3 Å². The van der Waals surface area contributed by atoms with Crippen LogP contribution in [0.5, 0.6) is 0 Å². The number of carbonyl (C=O) groups is 1. The summed E-state index contributed by atoms with van der Waals surface area (Å²) in [7, 11) is 0. The van der Waals surface area contributed by atoms with Crippen molar-refractivity contribution in [3.05, 3.63) is 23.8 Å². The summed E-state index contributed by atoms with van der Waals surface area (Å²) in [6, 6.07) is 0. The Morgan fingerprint density at radius 3 is 2.78 bits per heavy atom. The summed E-state index contributed by atoms with van der Waals surface area (Å²) in [5, 5.41) is 10.6. The minimum absolute atomic E-state index is 0.160. The first kappa shape index (κ1) is 16.8. The van der Waals surface area contributed by atoms with Gasteiger partial charge in [-0.2, -0.15) is 0 Å². The van der Waals surface area contributed by atoms with Crippen LogP contribution in [0.3, 0.4) is 0 Å². The molecule has 2 saturated carbocycles. The predicted molar refractivity (Wildman–Crippen MR) is 90.4 cm³/mol. The van der Waals surface area contributed by atoms with Gasteiger partial charge in [-0.15, -0.1) is 0 Å². The van der Waals surface area contributed by atoms with Crippen molar-refractivity contribution < 1.29 is 14.6 Å². The first-order chi connectivity index (χ1) is 10.8. The van der Waals surface area contributed by atoms with Gasteiger partial charge in [0.25, 0.3) is 0 Å². The normalized spacial score (nSPS) is 41.0. The Balaban J connectivity index is 1.79. The zero-order chi connectivity index (χ0) is 16.8. The molecule has 3 heteroatoms. The van der Waals surface area contributed by atoms with Crippen molar-refractivity contribution in [2.45, 2.75) is 65.6 Å². The summed E-state index contributed by atoms with van der Waals surface area (Å²) < 4.78 is 5.20. The third-order valence-electron chi connectivity index (χ3n) is 6.46. The maximum Gasteiger partial charge on any atom is 0.333 e. The van der Waals surface area contributed by atoms with Crippen molar-refractivity contribution in [1.29, 1.82) is 0 Å². The van der Waals surface area contributed by atoms with Crippen LogP contribution >= 0.6 is 0 Å². The molecule has 0 radical (unpaired) electrons. The van der Waals surface area contributed by atoms with Crippen molar-refractivity contribution in [1.82, 2.24) is 0 Å². The summed E-state index contributed by atoms with van der Waals surface area (Å²) >= 11 is 0. The van der Waals surface area contributed by atoms with E-state index >= 15 is 0 Å². The van der Waals surface area contributed by atoms with Gasteiger partial charge in [0.2, 0.25) is 5.79 Å². The SMILES string of the molecule is CC(C)C/C=C/[C@H](C)[C@H]1CC[C@H]2C3=CC(=O)O[C@@]3(O)CC[C@]12C. The molecule has 0 bridgehead atoms. The average molecular weight is 318 g/mol. The molecule has 3 nitrogen and oxygen atoms in total. The van der Waals surface area contributed by atoms with Crippen molar-refractivity contribution in [2.75, 3.05) is 0 Å². The molecule has 0 saturated heterocycles. The number of ether oxygens (including phenoxy) is 1. The molecule has 23 heavy (non-hydrogen) atoms. The van der Waals surface area contributed by atoms with Gasteiger partial charge in [0.1, 0.15) is 0 Å². The molecule has 0 amide bonds. The molecule has 1 heterocycles. The summed E-state index contributed by atoms with van der Waals surface area (Å²) in [4.78, 5) is 11.7. The number of allylic oxidation sites excluding steroid dienone is 2. The fourth-order valence-electron chi connectivity index (χ4n) is 5.20. The molecule has 3 rings (SSSR count). The monoisotopic (exact) mass is 318 g/mol. The van der Waals surface area contributed by atoms with Gasteiger partial charge in [0, 0.05) is 18.1 Å². The Hall–Kier alpha value is -1.09. The molecule has 5 atom stereocenters. The summed E-state index contributed by atoms with van der Waals surface area (Å²) in [6.45, 7) is 9.16. The number of aliphatic hydroxyl groups is 1. The zero-order valence-electron chi connectivity index (χ0n) is 14.8. The number of hydrogen-bond donors (Lipinski definition) is 1. The highest BCUT2D eigenvalue weighted by Gasteiger charge is 2.59. The van der Waals surface area contributed by atoms with Crippen molar-refractivity contribution in [2.24, 2.45) is 29.1 Å². The molecule has 0 unspecified atom stereocenters. The largest absolute Gasteiger partial charge is 0.426 e. The number of fused-ring (bicyclic) bond motifs is 3. The smallest absolute Gasteiger partial charge is 0.333 e. The minimum Gasteiger partial charge on any atom is -0.426 e. The van der Waals surface area contributed by atoms with Crippen molar-refractivity contribution >= 4 is 5.97 Å². The number of hydrogen-bond acceptors (Lipinski definition) is 3. The Bertz CT molecular complexity index is 547. The molecule has 3 aliphatic rings. The molecule has 0 aromatic heterocycles. The fourth-order valence-corrected chi connectivity index (χ4v) is 5.20. The van der Waals surface area contributed by atoms with Crippen LogP contribution in [0.4, 0.5) is 0 Å². The molecule has 0 aromatic rings. The van der Waals surface area contributed by atoms with Crippen LogP contribution in [0, 0.1) is 29.1 Å². The maximum absolute atomic E-state index is 11.7. The highest BCUT2D eigenvalue weighted by Crippen LogP contribution is 2.62. The van der Waals surface area contributed by atoms with Gasteiger partial charge < -0.3 is 9.84 Å². The van der Waals surface area contributed by atoms with E-state index in [2.05, 4.69) is 39.8 Å². The van der Waals surface area contributed by atoms with Crippen LogP contribution in [0.25, 0.3) is 0 Å². The minimum atomic E-state index is -1.31. The second-order valence-electron chi connectivity index (χ2n) is 8.46. The third kappa shape index (κ3) is 2.77. The third-order valence-corrected chi connectivity index (χ3v) is 6.46. The molecular weight excluding hydrogens is 288 g/mol. The molecule has 128 valence electrons. The van der Waals surface area contributed by atoms with Crippen LogP contribution in [0.2, 0.25) is 0 Å². The molecule has 2 aliphatic carbocycles. The Morgan fingerprint density at radius 1 is 1.35 bits per heavy atom. The van der Waals surface area contributed by atoms with Gasteiger partial charge >= 0.3 is 5.97 Å². The van der Waals surface area contributed by atoms with Gasteiger partial charge in [0.05, 0.1) is 0 Å². The lowest BCUT2D eigenvalue weighted by molar-refractivity contribution is -0.196. The van der Waals surface area contributed by atoms with Crippen LogP contribution in [-0.2, 0) is 9.53 Å². The van der Waals surface area contributed by atoms with Crippen molar-refractivity contribution in [3.63, 3.8) is 0 Å². The van der Waals surface area contributed by atoms with Crippen LogP contribution < -0.4 is 0 Å². The quantitative estimate of drug-likeness (QED) is 0.623. The van der Waals surface area contributed by atoms with Crippen LogP contribution in [0.1, 0.15) is 59.8 Å². The summed E-state index contributed by atoms with van der Waals surface area (Å²) in [5.41, 5.74) is 1.00. The topological polar surface area (TPSA) is 46.5 Å². The number of esters is 1. The fraction of sp³-hybridized carbons (Fsp3) is 0.750. The van der Waals surface area contributed by atoms with E-state index in [9.17, 15) is 9.90 Å². The van der Waals surface area contributed by atoms with Crippen molar-refractivity contribution in [3.8, 4) is 0 Å². The first-order valence-electron chi connectivity index (χ1n) is 9.10. The lowest BCUT2D eigenvalue weighted by Gasteiger charge is -2.47. The second kappa shape index (κ2) is 5.77. The number of carbonyl (C=O) groups excluding carboxylic acids is 1. The molecule has 0 spiro atoms. The van der Waals surface area contributed by atoms with E-state index in [1.165, 1.54) is 0 Å². The van der Waals surface area contributed by atoms with E-state index < -0.39 is 5.79 Å². The summed E-state index contributed by atoms with van der Waals surface area (Å²) in [6.07, 6.45) is 11.1. The Morgan fingerprint density at radius 2 is 2.09 bits per heavy atom. The van der Waals surface area contributed by atoms with Gasteiger partial charge in [0.15, 0.2) is 0 Å². The van der Waals surface area contributed by atoms with Gasteiger partial charge in [-0.3, -0.25) is 0 Å². The first-order valence-corrected chi connectivity index (χ1v) is 9.10. The highest BCUT2D eigenvalue weighted by molar-refractivity contribution is 5.86. The van der Waals surface area contributed by atoms with E-state index in [4.69, 9.17) is 4.74 Å². The molecular formula is C20H30O3. The van der Waals surface area contributed by atoms with E-state index in [0.717, 1.165) is 31.3 Å². The van der Waals surface area contributed by atoms with E-state index in [0.29, 0.717) is 24.2 Å². The van der Waals surface area contributed by atoms with Crippen LogP contribution in [0.15, 0.2) is 23.8 Å². The Kier molecular flexibility index (Phi) is 4.20. The predicted octanol–water partition coefficient (Wildman–Crippen LogP) is 4.22. The maximum atomic E-state index is 11.7. The summed E-state index contributed by atoms with van der Waals surface area (Å²) in [5.74, 6) is 0.429.